The molecule has 0 unspecified atom stereocenters. The van der Waals surface area contributed by atoms with Crippen LogP contribution in [-0.4, -0.2) is 34.5 Å². The highest BCUT2D eigenvalue weighted by Gasteiger charge is 2.37. The summed E-state index contributed by atoms with van der Waals surface area (Å²) in [7, 11) is 0. The van der Waals surface area contributed by atoms with Gasteiger partial charge in [-0.1, -0.05) is 79.4 Å². The summed E-state index contributed by atoms with van der Waals surface area (Å²) in [5.74, 6) is 1.84. The number of piperidine rings is 1. The van der Waals surface area contributed by atoms with Crippen LogP contribution in [-0.2, 0) is 24.2 Å². The third-order valence-electron chi connectivity index (χ3n) is 12.4. The lowest BCUT2D eigenvalue weighted by molar-refractivity contribution is -0.121. The summed E-state index contributed by atoms with van der Waals surface area (Å²) in [4.78, 5) is 27.0. The molecule has 3 atom stereocenters. The molecule has 0 saturated carbocycles. The number of phenols is 1. The highest BCUT2D eigenvalue weighted by molar-refractivity contribution is 5.99. The monoisotopic (exact) mass is 740 g/mol. The molecule has 2 aliphatic heterocycles. The maximum absolute atomic E-state index is 13.3. The number of ether oxygens (including phenoxy) is 1. The molecule has 2 N–H and O–H groups in total. The summed E-state index contributed by atoms with van der Waals surface area (Å²) in [6, 6.07) is 38.2. The molecule has 1 fully saturated rings. The van der Waals surface area contributed by atoms with Crippen LogP contribution >= 0.6 is 0 Å². The lowest BCUT2D eigenvalue weighted by atomic mass is 9.69. The van der Waals surface area contributed by atoms with Crippen LogP contribution in [0.1, 0.15) is 106 Å². The molecule has 6 heteroatoms. The van der Waals surface area contributed by atoms with E-state index in [9.17, 15) is 14.7 Å². The molecular weight excluding hydrogens is 693 g/mol. The van der Waals surface area contributed by atoms with E-state index in [0.29, 0.717) is 43.4 Å². The number of hydrogen-bond acceptors (Lipinski definition) is 4. The Balaban J connectivity index is 0.785. The van der Waals surface area contributed by atoms with Crippen molar-refractivity contribution >= 4 is 17.4 Å². The average Bonchev–Trinajstić information content (AvgIpc) is 3.78. The Labute approximate surface area is 329 Å². The van der Waals surface area contributed by atoms with Crippen LogP contribution in [0.5, 0.6) is 11.5 Å². The molecule has 282 valence electrons. The van der Waals surface area contributed by atoms with Crippen molar-refractivity contribution in [3.8, 4) is 22.6 Å². The third-order valence-corrected chi connectivity index (χ3v) is 12.4. The summed E-state index contributed by atoms with van der Waals surface area (Å²) < 4.78 is 6.23. The number of hydrogen-bond donors (Lipinski definition) is 2. The number of phenolic OH excluding ortho intramolecular Hbond substituents is 1. The molecule has 6 nitrogen and oxygen atoms in total. The van der Waals surface area contributed by atoms with Crippen molar-refractivity contribution in [3.63, 3.8) is 0 Å². The molecule has 4 aliphatic rings. The van der Waals surface area contributed by atoms with Crippen LogP contribution in [0.3, 0.4) is 0 Å². The van der Waals surface area contributed by atoms with Crippen LogP contribution in [0.25, 0.3) is 16.7 Å². The van der Waals surface area contributed by atoms with Crippen molar-refractivity contribution in [3.05, 3.63) is 172 Å². The second-order valence-electron chi connectivity index (χ2n) is 15.9. The number of aryl methyl sites for hydroxylation is 1. The van der Waals surface area contributed by atoms with Gasteiger partial charge in [-0.25, -0.2) is 0 Å². The van der Waals surface area contributed by atoms with Gasteiger partial charge < -0.3 is 20.1 Å². The Morgan fingerprint density at radius 3 is 2.41 bits per heavy atom. The minimum Gasteiger partial charge on any atom is -0.508 e. The number of amides is 2. The first kappa shape index (κ1) is 35.8. The Hall–Kier alpha value is -5.88. The summed E-state index contributed by atoms with van der Waals surface area (Å²) in [5, 5.41) is 13.0. The second kappa shape index (κ2) is 15.3. The van der Waals surface area contributed by atoms with Crippen molar-refractivity contribution in [1.29, 1.82) is 0 Å². The number of nitrogens with one attached hydrogen (secondary N) is 1. The summed E-state index contributed by atoms with van der Waals surface area (Å²) in [6.07, 6.45) is 10.6. The molecule has 2 heterocycles. The Morgan fingerprint density at radius 1 is 0.750 bits per heavy atom. The number of nitrogens with zero attached hydrogens (tertiary/aromatic N) is 1. The normalized spacial score (nSPS) is 19.9. The van der Waals surface area contributed by atoms with Gasteiger partial charge in [0.1, 0.15) is 11.5 Å². The zero-order valence-corrected chi connectivity index (χ0v) is 31.8. The fraction of sp³-hybridized carbons (Fsp3) is 0.280. The van der Waals surface area contributed by atoms with E-state index >= 15 is 0 Å². The minimum atomic E-state index is -0.168. The topological polar surface area (TPSA) is 78.9 Å². The smallest absolute Gasteiger partial charge is 0.255 e. The maximum Gasteiger partial charge on any atom is 0.255 e. The van der Waals surface area contributed by atoms with Crippen molar-refractivity contribution in [2.45, 2.75) is 82.2 Å². The van der Waals surface area contributed by atoms with E-state index in [1.807, 2.05) is 23.1 Å². The number of unbranched alkanes of at least 4 members (excludes halogenated alkanes) is 2. The van der Waals surface area contributed by atoms with E-state index < -0.39 is 0 Å². The van der Waals surface area contributed by atoms with E-state index in [-0.39, 0.29) is 23.8 Å². The Kier molecular flexibility index (Phi) is 9.80. The third kappa shape index (κ3) is 7.05. The molecule has 56 heavy (non-hydrogen) atoms. The van der Waals surface area contributed by atoms with Gasteiger partial charge in [-0.2, -0.15) is 0 Å². The van der Waals surface area contributed by atoms with Gasteiger partial charge in [0.05, 0.1) is 12.6 Å². The van der Waals surface area contributed by atoms with E-state index in [0.717, 1.165) is 67.4 Å². The summed E-state index contributed by atoms with van der Waals surface area (Å²) in [6.45, 7) is 5.26. The van der Waals surface area contributed by atoms with Crippen LogP contribution in [0, 0.1) is 0 Å². The predicted molar refractivity (Wildman–Crippen MR) is 222 cm³/mol. The molecule has 1 saturated heterocycles. The number of carbonyl (C=O) groups is 2. The molecule has 2 aliphatic carbocycles. The molecule has 0 bridgehead atoms. The Morgan fingerprint density at radius 2 is 1.57 bits per heavy atom. The second-order valence-corrected chi connectivity index (χ2v) is 15.9. The largest absolute Gasteiger partial charge is 0.508 e. The molecule has 5 aromatic rings. The minimum absolute atomic E-state index is 0.0119. The van der Waals surface area contributed by atoms with Gasteiger partial charge in [0.15, 0.2) is 0 Å². The van der Waals surface area contributed by atoms with E-state index in [1.54, 1.807) is 0 Å². The maximum atomic E-state index is 13.3. The average molecular weight is 741 g/mol. The quantitative estimate of drug-likeness (QED) is 0.132. The fourth-order valence-corrected chi connectivity index (χ4v) is 9.53. The van der Waals surface area contributed by atoms with Crippen LogP contribution in [0.2, 0.25) is 0 Å². The van der Waals surface area contributed by atoms with Gasteiger partial charge in [-0.05, 0) is 155 Å². The molecule has 0 spiro atoms. The zero-order valence-electron chi connectivity index (χ0n) is 31.8. The number of rotatable bonds is 11. The van der Waals surface area contributed by atoms with Crippen molar-refractivity contribution in [2.75, 3.05) is 6.61 Å². The van der Waals surface area contributed by atoms with Gasteiger partial charge in [-0.3, -0.25) is 9.59 Å². The van der Waals surface area contributed by atoms with Crippen molar-refractivity contribution < 1.29 is 19.4 Å². The number of benzene rings is 5. The van der Waals surface area contributed by atoms with E-state index in [2.05, 4.69) is 109 Å². The summed E-state index contributed by atoms with van der Waals surface area (Å²) >= 11 is 0. The van der Waals surface area contributed by atoms with Crippen molar-refractivity contribution in [2.24, 2.45) is 0 Å². The Bertz CT molecular complexity index is 2340. The first-order valence-electron chi connectivity index (χ1n) is 20.2. The predicted octanol–water partition coefficient (Wildman–Crippen LogP) is 10.2. The molecule has 0 radical (unpaired) electrons. The van der Waals surface area contributed by atoms with Gasteiger partial charge >= 0.3 is 0 Å². The number of allylic oxidation sites excluding steroid dienone is 2. The SMILES string of the molecule is C=C1NC(=O)CC[C@@H]1N1Cc2cc(-c3ccc4c(c3)C(CCCCCOc3ccc([C@@H]5c6ccc(O)cc6CC[C@@H]5c5ccccc5)cc3)=CC4)ccc2C1=O. The van der Waals surface area contributed by atoms with Crippen molar-refractivity contribution in [1.82, 2.24) is 10.2 Å². The van der Waals surface area contributed by atoms with E-state index in [4.69, 9.17) is 4.74 Å². The standard InChI is InChI=1S/C50H48N2O4/c1-32-47(25-26-48(54)51-32)52-31-40-28-37(17-23-45(40)50(52)55)38-14-13-35-12-11-34(46(35)30-38)10-6-3-7-27-56-42-20-15-36(16-21-42)49-43(33-8-4-2-5-9-33)22-18-39-29-41(53)19-24-44(39)49/h2,4-5,8-9,11,13-17,19-21,23-24,28-30,43,47,49,53H,1,3,6-7,10,12,18,22,25-27,31H2,(H,51,54)/t43-,47+,49+/m1/s1. The first-order valence-corrected chi connectivity index (χ1v) is 20.2. The van der Waals surface area contributed by atoms with Crippen LogP contribution in [0.4, 0.5) is 0 Å². The van der Waals surface area contributed by atoms with Gasteiger partial charge in [-0.15, -0.1) is 0 Å². The molecule has 2 amide bonds. The van der Waals surface area contributed by atoms with Gasteiger partial charge in [0, 0.05) is 30.1 Å². The molecule has 9 rings (SSSR count). The molecule has 5 aromatic carbocycles. The fourth-order valence-electron chi connectivity index (χ4n) is 9.53. The highest BCUT2D eigenvalue weighted by Crippen LogP contribution is 2.47. The lowest BCUT2D eigenvalue weighted by Crippen LogP contribution is -2.45. The zero-order chi connectivity index (χ0) is 38.2. The molecular formula is C50H48N2O4. The number of carbonyl (C=O) groups excluding carboxylic acids is 2. The van der Waals surface area contributed by atoms with Crippen LogP contribution in [0.15, 0.2) is 128 Å². The highest BCUT2D eigenvalue weighted by atomic mass is 16.5. The lowest BCUT2D eigenvalue weighted by Gasteiger charge is -2.34. The number of aromatic hydroxyl groups is 1. The molecule has 0 aromatic heterocycles. The van der Waals surface area contributed by atoms with Gasteiger partial charge in [0.25, 0.3) is 5.91 Å². The first-order chi connectivity index (χ1) is 27.4. The van der Waals surface area contributed by atoms with Gasteiger partial charge in [0.2, 0.25) is 5.91 Å². The van der Waals surface area contributed by atoms with Crippen LogP contribution < -0.4 is 10.1 Å². The van der Waals surface area contributed by atoms with E-state index in [1.165, 1.54) is 44.5 Å². The summed E-state index contributed by atoms with van der Waals surface area (Å²) in [5.41, 5.74) is 14.0. The number of fused-ring (bicyclic) bond motifs is 3.